The molecule has 0 N–H and O–H groups in total. The van der Waals surface area contributed by atoms with Crippen LogP contribution in [0, 0.1) is 0 Å². The molecule has 0 heteroatoms. The maximum atomic E-state index is 2.24. The third-order valence-corrected chi connectivity index (χ3v) is 3.65. The van der Waals surface area contributed by atoms with Gasteiger partial charge in [0.1, 0.15) is 0 Å². The summed E-state index contributed by atoms with van der Waals surface area (Å²) in [6.07, 6.45) is 0. The highest BCUT2D eigenvalue weighted by atomic mass is 14.1. The van der Waals surface area contributed by atoms with Crippen LogP contribution in [0.15, 0.2) is 72.8 Å². The summed E-state index contributed by atoms with van der Waals surface area (Å²) in [4.78, 5) is 0. The van der Waals surface area contributed by atoms with Crippen LogP contribution in [0.5, 0.6) is 0 Å². The first-order chi connectivity index (χ1) is 10.9. The van der Waals surface area contributed by atoms with Gasteiger partial charge in [0.05, 0.1) is 0 Å². The molecule has 0 aliphatic carbocycles. The van der Waals surface area contributed by atoms with Crippen molar-refractivity contribution in [3.63, 3.8) is 0 Å². The normalized spacial score (nSPS) is 9.82. The fourth-order valence-corrected chi connectivity index (χ4v) is 2.77. The predicted octanol–water partition coefficient (Wildman–Crippen LogP) is 7.20. The van der Waals surface area contributed by atoms with Crippen LogP contribution in [0.3, 0.4) is 0 Å². The molecule has 0 nitrogen and oxygen atoms in total. The van der Waals surface area contributed by atoms with Crippen molar-refractivity contribution < 1.29 is 0 Å². The Kier molecular flexibility index (Phi) is 5.55. The molecule has 4 aromatic rings. The van der Waals surface area contributed by atoms with Gasteiger partial charge < -0.3 is 0 Å². The zero-order valence-corrected chi connectivity index (χ0v) is 13.9. The van der Waals surface area contributed by atoms with E-state index in [1.807, 2.05) is 27.7 Å². The highest BCUT2D eigenvalue weighted by molar-refractivity contribution is 6.17. The van der Waals surface area contributed by atoms with Gasteiger partial charge in [-0.05, 0) is 32.3 Å². The van der Waals surface area contributed by atoms with Crippen LogP contribution in [0.4, 0.5) is 0 Å². The van der Waals surface area contributed by atoms with E-state index in [4.69, 9.17) is 0 Å². The fourth-order valence-electron chi connectivity index (χ4n) is 2.77. The molecule has 112 valence electrons. The van der Waals surface area contributed by atoms with Crippen LogP contribution < -0.4 is 0 Å². The van der Waals surface area contributed by atoms with Crippen molar-refractivity contribution in [3.05, 3.63) is 72.8 Å². The minimum absolute atomic E-state index is 1.31. The van der Waals surface area contributed by atoms with Gasteiger partial charge in [-0.3, -0.25) is 0 Å². The van der Waals surface area contributed by atoms with Crippen LogP contribution in [-0.2, 0) is 0 Å². The number of fused-ring (bicyclic) bond motifs is 5. The second-order valence-corrected chi connectivity index (χ2v) is 4.67. The van der Waals surface area contributed by atoms with E-state index >= 15 is 0 Å². The second kappa shape index (κ2) is 7.61. The zero-order chi connectivity index (χ0) is 15.9. The van der Waals surface area contributed by atoms with Gasteiger partial charge in [-0.25, -0.2) is 0 Å². The molecule has 0 spiro atoms. The minimum Gasteiger partial charge on any atom is -0.0683 e. The van der Waals surface area contributed by atoms with Crippen molar-refractivity contribution in [2.24, 2.45) is 0 Å². The summed E-state index contributed by atoms with van der Waals surface area (Å²) in [6.45, 7) is 8.00. The molecule has 0 saturated heterocycles. The van der Waals surface area contributed by atoms with Gasteiger partial charge in [-0.1, -0.05) is 100 Å². The molecule has 0 atom stereocenters. The van der Waals surface area contributed by atoms with Crippen LogP contribution in [0.25, 0.3) is 32.3 Å². The van der Waals surface area contributed by atoms with Gasteiger partial charge in [0.25, 0.3) is 0 Å². The molecule has 22 heavy (non-hydrogen) atoms. The lowest BCUT2D eigenvalue weighted by atomic mass is 9.97. The Hall–Kier alpha value is -2.34. The summed E-state index contributed by atoms with van der Waals surface area (Å²) in [5, 5.41) is 7.96. The van der Waals surface area contributed by atoms with Gasteiger partial charge in [-0.15, -0.1) is 0 Å². The molecule has 4 rings (SSSR count). The standard InChI is InChI=1S/C18H12.2C2H6/c1-3-7-15-13(5-1)9-11-18-16-8-4-2-6-14(16)10-12-17(15)18;2*1-2/h1-12H;2*1-2H3. The van der Waals surface area contributed by atoms with Crippen LogP contribution in [0.2, 0.25) is 0 Å². The Balaban J connectivity index is 0.000000410. The fraction of sp³-hybridized carbons (Fsp3) is 0.182. The van der Waals surface area contributed by atoms with Gasteiger partial charge in [-0.2, -0.15) is 0 Å². The van der Waals surface area contributed by atoms with Crippen molar-refractivity contribution in [2.45, 2.75) is 27.7 Å². The Labute approximate surface area is 133 Å². The number of benzene rings is 4. The van der Waals surface area contributed by atoms with Crippen LogP contribution in [0.1, 0.15) is 27.7 Å². The highest BCUT2D eigenvalue weighted by Crippen LogP contribution is 2.30. The molecule has 0 saturated carbocycles. The Morgan fingerprint density at radius 2 is 0.727 bits per heavy atom. The van der Waals surface area contributed by atoms with Crippen molar-refractivity contribution in [3.8, 4) is 0 Å². The third kappa shape index (κ3) is 2.82. The zero-order valence-electron chi connectivity index (χ0n) is 13.9. The lowest BCUT2D eigenvalue weighted by molar-refractivity contribution is 1.50. The predicted molar refractivity (Wildman–Crippen MR) is 102 cm³/mol. The van der Waals surface area contributed by atoms with Crippen molar-refractivity contribution in [2.75, 3.05) is 0 Å². The number of rotatable bonds is 0. The first kappa shape index (κ1) is 16.0. The molecular formula is C22H24. The van der Waals surface area contributed by atoms with Crippen LogP contribution in [-0.4, -0.2) is 0 Å². The lowest BCUT2D eigenvalue weighted by Gasteiger charge is -2.07. The van der Waals surface area contributed by atoms with E-state index in [0.717, 1.165) is 0 Å². The smallest absolute Gasteiger partial charge is 0.00990 e. The summed E-state index contributed by atoms with van der Waals surface area (Å²) >= 11 is 0. The van der Waals surface area contributed by atoms with E-state index in [0.29, 0.717) is 0 Å². The third-order valence-electron chi connectivity index (χ3n) is 3.65. The van der Waals surface area contributed by atoms with Gasteiger partial charge in [0, 0.05) is 0 Å². The quantitative estimate of drug-likeness (QED) is 0.300. The summed E-state index contributed by atoms with van der Waals surface area (Å²) < 4.78 is 0. The molecule has 4 aromatic carbocycles. The Bertz CT molecular complexity index is 797. The van der Waals surface area contributed by atoms with E-state index in [-0.39, 0.29) is 0 Å². The molecule has 0 unspecified atom stereocenters. The van der Waals surface area contributed by atoms with Crippen molar-refractivity contribution in [1.82, 2.24) is 0 Å². The molecule has 0 fully saturated rings. The monoisotopic (exact) mass is 288 g/mol. The molecule has 0 radical (unpaired) electrons. The van der Waals surface area contributed by atoms with E-state index in [2.05, 4.69) is 72.8 Å². The van der Waals surface area contributed by atoms with E-state index in [1.165, 1.54) is 32.3 Å². The number of hydrogen-bond donors (Lipinski definition) is 0. The summed E-state index contributed by atoms with van der Waals surface area (Å²) in [5.41, 5.74) is 0. The topological polar surface area (TPSA) is 0 Å². The SMILES string of the molecule is CC.CC.c1ccc2c(c1)ccc1c3ccccc3ccc21. The molecule has 0 aliphatic rings. The highest BCUT2D eigenvalue weighted by Gasteiger charge is 2.03. The Morgan fingerprint density at radius 1 is 0.364 bits per heavy atom. The first-order valence-corrected chi connectivity index (χ1v) is 8.23. The Morgan fingerprint density at radius 3 is 1.14 bits per heavy atom. The molecule has 0 amide bonds. The maximum absolute atomic E-state index is 2.24. The average Bonchev–Trinajstić information content (AvgIpc) is 2.64. The van der Waals surface area contributed by atoms with E-state index in [1.54, 1.807) is 0 Å². The van der Waals surface area contributed by atoms with Gasteiger partial charge in [0.2, 0.25) is 0 Å². The second-order valence-electron chi connectivity index (χ2n) is 4.67. The lowest BCUT2D eigenvalue weighted by Crippen LogP contribution is -1.79. The number of hydrogen-bond acceptors (Lipinski definition) is 0. The molecule has 0 aromatic heterocycles. The minimum atomic E-state index is 1.31. The van der Waals surface area contributed by atoms with E-state index < -0.39 is 0 Å². The maximum Gasteiger partial charge on any atom is -0.00990 e. The van der Waals surface area contributed by atoms with Crippen molar-refractivity contribution in [1.29, 1.82) is 0 Å². The first-order valence-electron chi connectivity index (χ1n) is 8.23. The molecular weight excluding hydrogens is 264 g/mol. The molecule has 0 aliphatic heterocycles. The summed E-state index contributed by atoms with van der Waals surface area (Å²) in [5.74, 6) is 0. The van der Waals surface area contributed by atoms with Gasteiger partial charge in [0.15, 0.2) is 0 Å². The van der Waals surface area contributed by atoms with Crippen molar-refractivity contribution >= 4 is 32.3 Å². The summed E-state index contributed by atoms with van der Waals surface area (Å²) in [7, 11) is 0. The molecule has 0 heterocycles. The average molecular weight is 288 g/mol. The largest absolute Gasteiger partial charge is 0.0683 e. The molecule has 0 bridgehead atoms. The van der Waals surface area contributed by atoms with Gasteiger partial charge >= 0.3 is 0 Å². The van der Waals surface area contributed by atoms with Crippen LogP contribution >= 0.6 is 0 Å². The van der Waals surface area contributed by atoms with E-state index in [9.17, 15) is 0 Å². The summed E-state index contributed by atoms with van der Waals surface area (Å²) in [6, 6.07) is 26.0.